The molecular weight excluding hydrogens is 430 g/mol. The first-order valence-electron chi connectivity index (χ1n) is 5.67. The van der Waals surface area contributed by atoms with Crippen molar-refractivity contribution in [1.29, 1.82) is 0 Å². The molecule has 0 N–H and O–H groups in total. The van der Waals surface area contributed by atoms with E-state index in [1.165, 1.54) is 18.2 Å². The number of hydrogen-bond acceptors (Lipinski definition) is 3. The van der Waals surface area contributed by atoms with Crippen molar-refractivity contribution in [2.24, 2.45) is 0 Å². The van der Waals surface area contributed by atoms with Crippen LogP contribution in [-0.4, -0.2) is 4.92 Å². The first kappa shape index (κ1) is 20.9. The second kappa shape index (κ2) is 8.28. The summed E-state index contributed by atoms with van der Waals surface area (Å²) >= 11 is 8.78. The van der Waals surface area contributed by atoms with Crippen molar-refractivity contribution in [3.05, 3.63) is 61.6 Å². The van der Waals surface area contributed by atoms with Crippen LogP contribution in [0.15, 0.2) is 40.9 Å². The largest absolute Gasteiger partial charge is 1.00 e. The Kier molecular flexibility index (Phi) is 7.52. The number of hydrogen-bond donors (Lipinski definition) is 0. The van der Waals surface area contributed by atoms with Gasteiger partial charge in [0.05, 0.1) is 20.0 Å². The summed E-state index contributed by atoms with van der Waals surface area (Å²) in [7, 11) is 0. The predicted octanol–water partition coefficient (Wildman–Crippen LogP) is 2.94. The third-order valence-electron chi connectivity index (χ3n) is 2.60. The summed E-state index contributed by atoms with van der Waals surface area (Å²) in [5.74, 6) is 0.203. The van der Waals surface area contributed by atoms with Crippen LogP contribution in [0.2, 0.25) is 5.02 Å². The minimum atomic E-state index is -4.50. The Bertz CT molecular complexity index is 749. The third-order valence-corrected chi connectivity index (χ3v) is 3.53. The van der Waals surface area contributed by atoms with Gasteiger partial charge < -0.3 is 6.16 Å². The molecule has 0 aromatic heterocycles. The van der Waals surface area contributed by atoms with Crippen LogP contribution in [0.4, 0.5) is 18.9 Å². The summed E-state index contributed by atoms with van der Waals surface area (Å²) in [6.45, 7) is 0. The van der Waals surface area contributed by atoms with Crippen LogP contribution in [0.3, 0.4) is 0 Å². The molecule has 0 radical (unpaired) electrons. The van der Waals surface area contributed by atoms with Gasteiger partial charge in [-0.2, -0.15) is 13.2 Å². The van der Waals surface area contributed by atoms with Crippen LogP contribution < -0.4 is 56.1 Å². The Morgan fingerprint density at radius 2 is 1.87 bits per heavy atom. The van der Waals surface area contributed by atoms with E-state index in [0.717, 1.165) is 18.2 Å². The molecule has 10 heteroatoms. The van der Waals surface area contributed by atoms with Gasteiger partial charge in [-0.25, -0.2) is 0 Å². The zero-order valence-corrected chi connectivity index (χ0v) is 17.0. The number of nitro benzene ring substituents is 1. The van der Waals surface area contributed by atoms with E-state index >= 15 is 0 Å². The molecule has 0 bridgehead atoms. The molecule has 0 unspecified atom stereocenters. The van der Waals surface area contributed by atoms with Gasteiger partial charge in [-0.15, -0.1) is 0 Å². The van der Waals surface area contributed by atoms with Crippen molar-refractivity contribution in [1.82, 2.24) is 0 Å². The van der Waals surface area contributed by atoms with Gasteiger partial charge in [0.1, 0.15) is 11.5 Å². The second-order valence-corrected chi connectivity index (χ2v) is 5.38. The van der Waals surface area contributed by atoms with Crippen molar-refractivity contribution < 1.29 is 75.6 Å². The van der Waals surface area contributed by atoms with E-state index in [1.54, 1.807) is 0 Å². The second-order valence-electron chi connectivity index (χ2n) is 4.12. The molecular formula is C13H7BrClF3KNO3. The van der Waals surface area contributed by atoms with Crippen molar-refractivity contribution in [2.75, 3.05) is 0 Å². The molecule has 2 aromatic rings. The molecule has 0 saturated carbocycles. The average molecular weight is 437 g/mol. The topological polar surface area (TPSA) is 52.4 Å². The Morgan fingerprint density at radius 3 is 2.35 bits per heavy atom. The number of halogens is 5. The molecule has 2 rings (SSSR count). The maximum absolute atomic E-state index is 12.5. The van der Waals surface area contributed by atoms with Crippen LogP contribution in [-0.2, 0) is 6.18 Å². The van der Waals surface area contributed by atoms with E-state index < -0.39 is 16.7 Å². The van der Waals surface area contributed by atoms with Crippen LogP contribution in [0.5, 0.6) is 11.5 Å². The Balaban J connectivity index is 0.00000264. The fourth-order valence-corrected chi connectivity index (χ4v) is 2.31. The standard InChI is InChI=1S/C13H6BrClF3NO3.K.H/c14-9-6-8(2-3-11(9)19(20)21)22-12-4-1-7(5-10(12)15)13(16,17)18;;/h1-6H;;/q;+1;-1. The van der Waals surface area contributed by atoms with E-state index in [9.17, 15) is 23.3 Å². The normalized spacial score (nSPS) is 10.8. The number of benzene rings is 2. The van der Waals surface area contributed by atoms with Crippen LogP contribution in [0.1, 0.15) is 6.99 Å². The first-order valence-corrected chi connectivity index (χ1v) is 6.84. The zero-order chi connectivity index (χ0) is 16.5. The van der Waals surface area contributed by atoms with Crippen molar-refractivity contribution in [2.45, 2.75) is 6.18 Å². The number of ether oxygens (including phenoxy) is 1. The maximum atomic E-state index is 12.5. The summed E-state index contributed by atoms with van der Waals surface area (Å²) in [4.78, 5) is 10.1. The molecule has 0 spiro atoms. The molecule has 0 atom stereocenters. The molecule has 118 valence electrons. The fraction of sp³-hybridized carbons (Fsp3) is 0.0769. The molecule has 0 amide bonds. The molecule has 0 fully saturated rings. The summed E-state index contributed by atoms with van der Waals surface area (Å²) < 4.78 is 43.1. The monoisotopic (exact) mass is 435 g/mol. The molecule has 0 saturated heterocycles. The third kappa shape index (κ3) is 5.41. The Labute approximate surface area is 186 Å². The number of nitrogens with zero attached hydrogens (tertiary/aromatic N) is 1. The maximum Gasteiger partial charge on any atom is 1.00 e. The van der Waals surface area contributed by atoms with Gasteiger partial charge in [0.25, 0.3) is 5.69 Å². The molecule has 0 aliphatic carbocycles. The summed E-state index contributed by atoms with van der Waals surface area (Å²) in [6.07, 6.45) is -4.50. The van der Waals surface area contributed by atoms with Gasteiger partial charge in [0.2, 0.25) is 0 Å². The van der Waals surface area contributed by atoms with Crippen LogP contribution in [0, 0.1) is 10.1 Å². The van der Waals surface area contributed by atoms with E-state index in [-0.39, 0.29) is 79.5 Å². The zero-order valence-electron chi connectivity index (χ0n) is 12.5. The molecule has 23 heavy (non-hydrogen) atoms. The van der Waals surface area contributed by atoms with Gasteiger partial charge >= 0.3 is 57.6 Å². The number of rotatable bonds is 3. The molecule has 4 nitrogen and oxygen atoms in total. The van der Waals surface area contributed by atoms with Crippen LogP contribution >= 0.6 is 27.5 Å². The minimum absolute atomic E-state index is 0. The summed E-state index contributed by atoms with van der Waals surface area (Å²) in [6, 6.07) is 6.51. The quantitative estimate of drug-likeness (QED) is 0.422. The SMILES string of the molecule is O=[N+]([O-])c1ccc(Oc2ccc(C(F)(F)F)cc2Cl)cc1Br.[H-].[K+]. The molecule has 0 aliphatic heterocycles. The summed E-state index contributed by atoms with van der Waals surface area (Å²) in [5, 5.41) is 10.5. The van der Waals surface area contributed by atoms with Gasteiger partial charge in [-0.05, 0) is 40.2 Å². The average Bonchev–Trinajstić information content (AvgIpc) is 2.39. The number of alkyl halides is 3. The number of nitro groups is 1. The van der Waals surface area contributed by atoms with E-state index in [4.69, 9.17) is 16.3 Å². The van der Waals surface area contributed by atoms with Crippen molar-refractivity contribution in [3.8, 4) is 11.5 Å². The predicted molar refractivity (Wildman–Crippen MR) is 78.4 cm³/mol. The van der Waals surface area contributed by atoms with E-state index in [1.807, 2.05) is 0 Å². The van der Waals surface area contributed by atoms with Crippen LogP contribution in [0.25, 0.3) is 0 Å². The minimum Gasteiger partial charge on any atom is -1.00 e. The molecule has 0 aliphatic rings. The Morgan fingerprint density at radius 1 is 1.22 bits per heavy atom. The Hall–Kier alpha value is -0.164. The van der Waals surface area contributed by atoms with E-state index in [2.05, 4.69) is 15.9 Å². The molecule has 2 aromatic carbocycles. The molecule has 0 heterocycles. The van der Waals surface area contributed by atoms with Gasteiger partial charge in [0, 0.05) is 12.1 Å². The summed E-state index contributed by atoms with van der Waals surface area (Å²) in [5.41, 5.74) is -1.06. The van der Waals surface area contributed by atoms with E-state index in [0.29, 0.717) is 0 Å². The first-order chi connectivity index (χ1) is 10.2. The van der Waals surface area contributed by atoms with Crippen molar-refractivity contribution >= 4 is 33.2 Å². The van der Waals surface area contributed by atoms with Gasteiger partial charge in [0.15, 0.2) is 0 Å². The smallest absolute Gasteiger partial charge is 1.00 e. The van der Waals surface area contributed by atoms with Crippen molar-refractivity contribution in [3.63, 3.8) is 0 Å². The van der Waals surface area contributed by atoms with Gasteiger partial charge in [-0.1, -0.05) is 11.6 Å². The van der Waals surface area contributed by atoms with Gasteiger partial charge in [-0.3, -0.25) is 10.1 Å². The fourth-order valence-electron chi connectivity index (χ4n) is 1.59.